The van der Waals surface area contributed by atoms with Crippen molar-refractivity contribution in [2.45, 2.75) is 27.7 Å². The van der Waals surface area contributed by atoms with Gasteiger partial charge in [-0.25, -0.2) is 0 Å². The summed E-state index contributed by atoms with van der Waals surface area (Å²) < 4.78 is 4.82. The van der Waals surface area contributed by atoms with Crippen molar-refractivity contribution in [3.05, 3.63) is 234 Å². The maximum atomic E-state index is 11.1. The van der Waals surface area contributed by atoms with Crippen molar-refractivity contribution in [2.75, 3.05) is 0 Å². The third-order valence-electron chi connectivity index (χ3n) is 14.1. The van der Waals surface area contributed by atoms with E-state index in [0.29, 0.717) is 5.56 Å². The first-order valence-corrected chi connectivity index (χ1v) is 23.2. The Bertz CT molecular complexity index is 3820. The normalized spacial score (nSPS) is 11.5. The third-order valence-corrected chi connectivity index (χ3v) is 14.1. The second kappa shape index (κ2) is 16.3. The van der Waals surface area contributed by atoms with E-state index in [2.05, 4.69) is 230 Å². The van der Waals surface area contributed by atoms with Crippen LogP contribution in [-0.2, 0) is 0 Å². The van der Waals surface area contributed by atoms with Crippen molar-refractivity contribution >= 4 is 43.6 Å². The van der Waals surface area contributed by atoms with Gasteiger partial charge < -0.3 is 9.13 Å². The molecule has 322 valence electrons. The lowest BCUT2D eigenvalue weighted by molar-refractivity contribution is 1.09. The zero-order valence-electron chi connectivity index (χ0n) is 38.4. The minimum atomic E-state index is 0.586. The van der Waals surface area contributed by atoms with Crippen LogP contribution in [0.1, 0.15) is 27.8 Å². The lowest BCUT2D eigenvalue weighted by atomic mass is 9.97. The number of aryl methyl sites for hydroxylation is 4. The number of nitrogens with zero attached hydrogens (tertiary/aromatic N) is 4. The van der Waals surface area contributed by atoms with Gasteiger partial charge in [-0.2, -0.15) is 5.26 Å². The Morgan fingerprint density at radius 2 is 0.662 bits per heavy atom. The first-order valence-electron chi connectivity index (χ1n) is 23.2. The van der Waals surface area contributed by atoms with Crippen LogP contribution < -0.4 is 0 Å². The minimum Gasteiger partial charge on any atom is -0.307 e. The Balaban J connectivity index is 1.21. The number of rotatable bonds is 7. The summed E-state index contributed by atoms with van der Waals surface area (Å²) in [5, 5.41) is 15.7. The van der Waals surface area contributed by atoms with Crippen LogP contribution in [0.15, 0.2) is 207 Å². The Morgan fingerprint density at radius 1 is 0.338 bits per heavy atom. The van der Waals surface area contributed by atoms with Gasteiger partial charge in [-0.05, 0) is 173 Å². The molecule has 0 amide bonds. The molecule has 0 N–H and O–H groups in total. The first-order chi connectivity index (χ1) is 33.3. The quantitative estimate of drug-likeness (QED) is 0.160. The van der Waals surface area contributed by atoms with Gasteiger partial charge in [-0.3, -0.25) is 4.98 Å². The van der Waals surface area contributed by atoms with Crippen LogP contribution in [0.4, 0.5) is 0 Å². The monoisotopic (exact) mass is 870 g/mol. The van der Waals surface area contributed by atoms with Crippen LogP contribution >= 0.6 is 0 Å². The van der Waals surface area contributed by atoms with Crippen molar-refractivity contribution in [1.29, 1.82) is 5.26 Å². The molecule has 3 aromatic heterocycles. The van der Waals surface area contributed by atoms with Crippen LogP contribution in [0.3, 0.4) is 0 Å². The molecular formula is C64H46N4. The summed E-state index contributed by atoms with van der Waals surface area (Å²) in [6.07, 6.45) is 3.60. The SMILES string of the molecule is Cc1ccccc1-c1ccc2c(c1)c1cc(-c3ccccc3C)ccc1n2-c1cc(C#N)c(-c2ccncc2)cc1-n1c2ccc(-c3ccccc3C)cc2c2cc(-c3ccccc3C)ccc21. The van der Waals surface area contributed by atoms with Crippen LogP contribution in [0.5, 0.6) is 0 Å². The van der Waals surface area contributed by atoms with Crippen LogP contribution in [0.2, 0.25) is 0 Å². The molecule has 0 radical (unpaired) electrons. The standard InChI is InChI=1S/C64H46N4/c1-40-13-5-9-17-50(40)45-21-25-59-55(33-45)56-34-46(51-18-10-6-14-41(51)2)22-26-60(56)67(59)63-37-49(39-65)54(44-29-31-66-32-30-44)38-64(63)68-61-27-23-47(52-19-11-7-15-42(52)3)35-57(61)58-36-48(24-28-62(58)68)53-20-12-8-16-43(53)4/h5-38H,1-4H3. The van der Waals surface area contributed by atoms with E-state index in [1.165, 1.54) is 66.8 Å². The van der Waals surface area contributed by atoms with E-state index in [9.17, 15) is 5.26 Å². The van der Waals surface area contributed by atoms with Crippen molar-refractivity contribution in [1.82, 2.24) is 14.1 Å². The zero-order valence-corrected chi connectivity index (χ0v) is 38.4. The van der Waals surface area contributed by atoms with Gasteiger partial charge in [0.25, 0.3) is 0 Å². The number of fused-ring (bicyclic) bond motifs is 6. The second-order valence-electron chi connectivity index (χ2n) is 18.1. The fourth-order valence-electron chi connectivity index (χ4n) is 10.6. The number of benzene rings is 9. The summed E-state index contributed by atoms with van der Waals surface area (Å²) in [4.78, 5) is 4.36. The molecule has 0 aliphatic carbocycles. The number of hydrogen-bond acceptors (Lipinski definition) is 2. The molecule has 12 aromatic rings. The van der Waals surface area contributed by atoms with E-state index in [1.807, 2.05) is 12.1 Å². The summed E-state index contributed by atoms with van der Waals surface area (Å²) in [7, 11) is 0. The highest BCUT2D eigenvalue weighted by atomic mass is 15.1. The lowest BCUT2D eigenvalue weighted by Crippen LogP contribution is -2.05. The second-order valence-corrected chi connectivity index (χ2v) is 18.1. The molecule has 0 unspecified atom stereocenters. The average Bonchev–Trinajstić information content (AvgIpc) is 3.87. The molecule has 0 saturated heterocycles. The molecule has 68 heavy (non-hydrogen) atoms. The molecule has 0 saturated carbocycles. The number of hydrogen-bond donors (Lipinski definition) is 0. The van der Waals surface area contributed by atoms with Gasteiger partial charge in [-0.1, -0.05) is 121 Å². The van der Waals surface area contributed by atoms with Crippen LogP contribution in [0, 0.1) is 39.0 Å². The van der Waals surface area contributed by atoms with Gasteiger partial charge in [0.05, 0.1) is 45.1 Å². The van der Waals surface area contributed by atoms with E-state index in [-0.39, 0.29) is 0 Å². The molecule has 9 aromatic carbocycles. The minimum absolute atomic E-state index is 0.586. The van der Waals surface area contributed by atoms with Gasteiger partial charge in [-0.15, -0.1) is 0 Å². The maximum absolute atomic E-state index is 11.1. The highest BCUT2D eigenvalue weighted by Crippen LogP contribution is 2.44. The fourth-order valence-corrected chi connectivity index (χ4v) is 10.6. The molecule has 0 spiro atoms. The largest absolute Gasteiger partial charge is 0.307 e. The summed E-state index contributed by atoms with van der Waals surface area (Å²) in [6, 6.07) is 73.0. The molecule has 12 rings (SSSR count). The van der Waals surface area contributed by atoms with E-state index in [0.717, 1.165) is 66.1 Å². The van der Waals surface area contributed by atoms with Gasteiger partial charge >= 0.3 is 0 Å². The smallest absolute Gasteiger partial charge is 0.0998 e. The van der Waals surface area contributed by atoms with E-state index in [1.54, 1.807) is 12.4 Å². The van der Waals surface area contributed by atoms with E-state index in [4.69, 9.17) is 0 Å². The van der Waals surface area contributed by atoms with Crippen molar-refractivity contribution in [3.8, 4) is 73.1 Å². The van der Waals surface area contributed by atoms with Crippen molar-refractivity contribution < 1.29 is 0 Å². The molecule has 4 nitrogen and oxygen atoms in total. The molecule has 0 aliphatic heterocycles. The molecule has 0 bridgehead atoms. The summed E-state index contributed by atoms with van der Waals surface area (Å²) in [5.74, 6) is 0. The number of pyridine rings is 1. The van der Waals surface area contributed by atoms with E-state index < -0.39 is 0 Å². The Morgan fingerprint density at radius 3 is 0.985 bits per heavy atom. The Hall–Kier alpha value is -8.78. The topological polar surface area (TPSA) is 46.5 Å². The van der Waals surface area contributed by atoms with Gasteiger partial charge in [0.2, 0.25) is 0 Å². The Kier molecular flexibility index (Phi) is 9.74. The van der Waals surface area contributed by atoms with Crippen LogP contribution in [0.25, 0.3) is 111 Å². The molecular weight excluding hydrogens is 825 g/mol. The molecule has 0 fully saturated rings. The number of nitriles is 1. The van der Waals surface area contributed by atoms with Gasteiger partial charge in [0.1, 0.15) is 0 Å². The highest BCUT2D eigenvalue weighted by molar-refractivity contribution is 6.14. The summed E-state index contributed by atoms with van der Waals surface area (Å²) in [6.45, 7) is 8.72. The third kappa shape index (κ3) is 6.63. The predicted molar refractivity (Wildman–Crippen MR) is 284 cm³/mol. The molecule has 0 atom stereocenters. The highest BCUT2D eigenvalue weighted by Gasteiger charge is 2.24. The zero-order chi connectivity index (χ0) is 46.0. The summed E-state index contributed by atoms with van der Waals surface area (Å²) >= 11 is 0. The van der Waals surface area contributed by atoms with E-state index >= 15 is 0 Å². The molecule has 3 heterocycles. The summed E-state index contributed by atoms with van der Waals surface area (Å²) in [5.41, 5.74) is 23.0. The fraction of sp³-hybridized carbons (Fsp3) is 0.0625. The number of aromatic nitrogens is 3. The van der Waals surface area contributed by atoms with Crippen LogP contribution in [-0.4, -0.2) is 14.1 Å². The van der Waals surface area contributed by atoms with Gasteiger partial charge in [0, 0.05) is 39.5 Å². The average molecular weight is 871 g/mol. The first kappa shape index (κ1) is 40.7. The lowest BCUT2D eigenvalue weighted by Gasteiger charge is -2.20. The molecule has 4 heteroatoms. The predicted octanol–water partition coefficient (Wildman–Crippen LogP) is 16.7. The maximum Gasteiger partial charge on any atom is 0.0998 e. The molecule has 0 aliphatic rings. The van der Waals surface area contributed by atoms with Crippen molar-refractivity contribution in [3.63, 3.8) is 0 Å². The van der Waals surface area contributed by atoms with Crippen molar-refractivity contribution in [2.24, 2.45) is 0 Å². The van der Waals surface area contributed by atoms with Gasteiger partial charge in [0.15, 0.2) is 0 Å². The Labute approximate surface area is 396 Å².